The first kappa shape index (κ1) is 19.3. The van der Waals surface area contributed by atoms with Crippen molar-refractivity contribution in [1.29, 1.82) is 0 Å². The van der Waals surface area contributed by atoms with Gasteiger partial charge in [0, 0.05) is 0 Å². The third-order valence-corrected chi connectivity index (χ3v) is 5.96. The summed E-state index contributed by atoms with van der Waals surface area (Å²) < 4.78 is 5.19. The lowest BCUT2D eigenvalue weighted by Crippen LogP contribution is -2.37. The summed E-state index contributed by atoms with van der Waals surface area (Å²) in [6.45, 7) is 2.01. The first-order valence-corrected chi connectivity index (χ1v) is 10.2. The fraction of sp³-hybridized carbons (Fsp3) is 0.200. The molecule has 0 radical (unpaired) electrons. The summed E-state index contributed by atoms with van der Waals surface area (Å²) in [6.07, 6.45) is -0.876. The maximum Gasteiger partial charge on any atom is 0.266 e. The highest BCUT2D eigenvalue weighted by Crippen LogP contribution is 2.48. The summed E-state index contributed by atoms with van der Waals surface area (Å²) in [4.78, 5) is 34.3. The Hall–Kier alpha value is -3.64. The molecule has 2 aliphatic rings. The Labute approximate surface area is 180 Å². The number of rotatable bonds is 4. The number of hydrogen-bond donors (Lipinski definition) is 0. The van der Waals surface area contributed by atoms with Crippen LogP contribution in [0.1, 0.15) is 17.2 Å². The number of anilines is 2. The molecular weight excluding hydrogens is 392 g/mol. The summed E-state index contributed by atoms with van der Waals surface area (Å²) >= 11 is 0. The van der Waals surface area contributed by atoms with E-state index < -0.39 is 18.1 Å². The molecule has 3 aromatic carbocycles. The standard InChI is InChI=1S/C25H22N2O4/c1-16-8-6-7-11-20(16)22-21-23(31-27(22)18-9-4-3-5-10-18)25(29)26(24(21)28)17-12-14-19(30-2)15-13-17/h3-15,21-23H,1-2H3/t21-,22+,23-/m1/s1. The topological polar surface area (TPSA) is 59.1 Å². The van der Waals surface area contributed by atoms with Gasteiger partial charge in [-0.25, -0.2) is 9.96 Å². The smallest absolute Gasteiger partial charge is 0.266 e. The third-order valence-electron chi connectivity index (χ3n) is 5.96. The number of carbonyl (C=O) groups excluding carboxylic acids is 2. The average Bonchev–Trinajstić information content (AvgIpc) is 3.31. The third kappa shape index (κ3) is 3.07. The van der Waals surface area contributed by atoms with Gasteiger partial charge in [-0.3, -0.25) is 14.4 Å². The highest BCUT2D eigenvalue weighted by Gasteiger charge is 2.60. The van der Waals surface area contributed by atoms with Crippen molar-refractivity contribution in [2.24, 2.45) is 5.92 Å². The van der Waals surface area contributed by atoms with Crippen molar-refractivity contribution >= 4 is 23.2 Å². The molecule has 0 unspecified atom stereocenters. The zero-order valence-corrected chi connectivity index (χ0v) is 17.3. The molecule has 3 atom stereocenters. The van der Waals surface area contributed by atoms with Crippen LogP contribution in [-0.4, -0.2) is 25.0 Å². The molecule has 5 rings (SSSR count). The van der Waals surface area contributed by atoms with Gasteiger partial charge in [-0.05, 0) is 54.4 Å². The van der Waals surface area contributed by atoms with Gasteiger partial charge in [-0.2, -0.15) is 0 Å². The molecule has 2 saturated heterocycles. The van der Waals surface area contributed by atoms with E-state index in [0.29, 0.717) is 11.4 Å². The van der Waals surface area contributed by atoms with Crippen molar-refractivity contribution in [3.63, 3.8) is 0 Å². The fourth-order valence-electron chi connectivity index (χ4n) is 4.43. The number of amides is 2. The van der Waals surface area contributed by atoms with Crippen LogP contribution in [-0.2, 0) is 14.4 Å². The van der Waals surface area contributed by atoms with Gasteiger partial charge in [0.2, 0.25) is 5.91 Å². The van der Waals surface area contributed by atoms with Crippen LogP contribution in [0.5, 0.6) is 5.75 Å². The van der Waals surface area contributed by atoms with Gasteiger partial charge in [0.25, 0.3) is 5.91 Å². The molecule has 3 aromatic rings. The van der Waals surface area contributed by atoms with Crippen LogP contribution in [0, 0.1) is 12.8 Å². The molecule has 2 heterocycles. The monoisotopic (exact) mass is 414 g/mol. The van der Waals surface area contributed by atoms with Crippen LogP contribution in [0.15, 0.2) is 78.9 Å². The summed E-state index contributed by atoms with van der Waals surface area (Å²) in [5.74, 6) is -0.590. The van der Waals surface area contributed by atoms with Crippen molar-refractivity contribution in [2.75, 3.05) is 17.1 Å². The Morgan fingerprint density at radius 2 is 1.48 bits per heavy atom. The fourth-order valence-corrected chi connectivity index (χ4v) is 4.43. The molecule has 0 bridgehead atoms. The predicted molar refractivity (Wildman–Crippen MR) is 117 cm³/mol. The summed E-state index contributed by atoms with van der Waals surface area (Å²) in [5.41, 5.74) is 3.34. The van der Waals surface area contributed by atoms with E-state index in [0.717, 1.165) is 16.8 Å². The SMILES string of the molecule is COc1ccc(N2C(=O)[C@H]3[C@@H](ON(c4ccccc4)[C@H]3c3ccccc3C)C2=O)cc1. The Bertz CT molecular complexity index is 1130. The number of hydroxylamine groups is 1. The van der Waals surface area contributed by atoms with E-state index in [1.807, 2.05) is 61.5 Å². The molecule has 31 heavy (non-hydrogen) atoms. The molecule has 2 amide bonds. The maximum absolute atomic E-state index is 13.6. The van der Waals surface area contributed by atoms with Gasteiger partial charge < -0.3 is 4.74 Å². The maximum atomic E-state index is 13.6. The summed E-state index contributed by atoms with van der Waals surface area (Å²) in [7, 11) is 1.57. The number of fused-ring (bicyclic) bond motifs is 1. The van der Waals surface area contributed by atoms with Crippen molar-refractivity contribution in [1.82, 2.24) is 0 Å². The highest BCUT2D eigenvalue weighted by atomic mass is 16.7. The van der Waals surface area contributed by atoms with Gasteiger partial charge in [-0.1, -0.05) is 42.5 Å². The van der Waals surface area contributed by atoms with E-state index in [4.69, 9.17) is 9.57 Å². The molecular formula is C25H22N2O4. The van der Waals surface area contributed by atoms with Crippen molar-refractivity contribution in [3.05, 3.63) is 90.0 Å². The number of carbonyl (C=O) groups is 2. The highest BCUT2D eigenvalue weighted by molar-refractivity contribution is 6.23. The lowest BCUT2D eigenvalue weighted by Gasteiger charge is -2.29. The first-order chi connectivity index (χ1) is 15.1. The number of nitrogens with zero attached hydrogens (tertiary/aromatic N) is 2. The quantitative estimate of drug-likeness (QED) is 0.603. The minimum Gasteiger partial charge on any atom is -0.497 e. The number of ether oxygens (including phenoxy) is 1. The Morgan fingerprint density at radius 3 is 2.16 bits per heavy atom. The van der Waals surface area contributed by atoms with E-state index in [1.54, 1.807) is 36.4 Å². The predicted octanol–water partition coefficient (Wildman–Crippen LogP) is 4.05. The van der Waals surface area contributed by atoms with Gasteiger partial charge in [-0.15, -0.1) is 0 Å². The van der Waals surface area contributed by atoms with Crippen LogP contribution in [0.2, 0.25) is 0 Å². The lowest BCUT2D eigenvalue weighted by atomic mass is 9.88. The molecule has 0 saturated carbocycles. The molecule has 0 aliphatic carbocycles. The second-order valence-corrected chi connectivity index (χ2v) is 7.72. The van der Waals surface area contributed by atoms with Gasteiger partial charge >= 0.3 is 0 Å². The number of hydrogen-bond acceptors (Lipinski definition) is 5. The Kier molecular flexibility index (Phi) is 4.71. The van der Waals surface area contributed by atoms with Crippen LogP contribution in [0.3, 0.4) is 0 Å². The number of aryl methyl sites for hydroxylation is 1. The van der Waals surface area contributed by atoms with Crippen LogP contribution < -0.4 is 14.7 Å². The van der Waals surface area contributed by atoms with E-state index in [1.165, 1.54) is 4.90 Å². The van der Waals surface area contributed by atoms with Gasteiger partial charge in [0.15, 0.2) is 6.10 Å². The summed E-state index contributed by atoms with van der Waals surface area (Å²) in [5, 5.41) is 1.72. The van der Waals surface area contributed by atoms with Crippen LogP contribution in [0.4, 0.5) is 11.4 Å². The van der Waals surface area contributed by atoms with E-state index in [-0.39, 0.29) is 11.8 Å². The van der Waals surface area contributed by atoms with E-state index in [2.05, 4.69) is 0 Å². The van der Waals surface area contributed by atoms with Crippen molar-refractivity contribution in [3.8, 4) is 5.75 Å². The lowest BCUT2D eigenvalue weighted by molar-refractivity contribution is -0.126. The van der Waals surface area contributed by atoms with Crippen molar-refractivity contribution in [2.45, 2.75) is 19.1 Å². The second-order valence-electron chi connectivity index (χ2n) is 7.72. The van der Waals surface area contributed by atoms with Crippen molar-refractivity contribution < 1.29 is 19.2 Å². The van der Waals surface area contributed by atoms with Crippen LogP contribution >= 0.6 is 0 Å². The van der Waals surface area contributed by atoms with Gasteiger partial charge in [0.05, 0.1) is 24.5 Å². The Balaban J connectivity index is 1.58. The van der Waals surface area contributed by atoms with E-state index in [9.17, 15) is 9.59 Å². The second kappa shape index (κ2) is 7.56. The molecule has 156 valence electrons. The molecule has 0 aromatic heterocycles. The average molecular weight is 414 g/mol. The van der Waals surface area contributed by atoms with Gasteiger partial charge in [0.1, 0.15) is 11.7 Å². The molecule has 2 aliphatic heterocycles. The molecule has 6 nitrogen and oxygen atoms in total. The number of imide groups is 1. The van der Waals surface area contributed by atoms with Crippen LogP contribution in [0.25, 0.3) is 0 Å². The van der Waals surface area contributed by atoms with E-state index >= 15 is 0 Å². The normalized spacial score (nSPS) is 22.7. The molecule has 6 heteroatoms. The number of para-hydroxylation sites is 1. The summed E-state index contributed by atoms with van der Waals surface area (Å²) in [6, 6.07) is 24.0. The minimum absolute atomic E-state index is 0.258. The minimum atomic E-state index is -0.876. The molecule has 0 spiro atoms. The first-order valence-electron chi connectivity index (χ1n) is 10.2. The number of benzene rings is 3. The molecule has 2 fully saturated rings. The zero-order chi connectivity index (χ0) is 21.5. The largest absolute Gasteiger partial charge is 0.497 e. The zero-order valence-electron chi connectivity index (χ0n) is 17.3. The molecule has 0 N–H and O–H groups in total. The Morgan fingerprint density at radius 1 is 0.806 bits per heavy atom. The number of methoxy groups -OCH3 is 1.